The summed E-state index contributed by atoms with van der Waals surface area (Å²) in [6, 6.07) is 15.5. The SMILES string of the molecule is Cc1cc(C(N)=O)ccc1CNc1ccccc1. The van der Waals surface area contributed by atoms with Crippen LogP contribution in [0.25, 0.3) is 0 Å². The standard InChI is InChI=1S/C15H16N2O/c1-11-9-12(15(16)18)7-8-13(11)10-17-14-5-3-2-4-6-14/h2-9,17H,10H2,1H3,(H2,16,18). The lowest BCUT2D eigenvalue weighted by atomic mass is 10.0. The number of nitrogens with one attached hydrogen (secondary N) is 1. The van der Waals surface area contributed by atoms with Gasteiger partial charge >= 0.3 is 0 Å². The second kappa shape index (κ2) is 5.36. The van der Waals surface area contributed by atoms with E-state index in [2.05, 4.69) is 5.32 Å². The fourth-order valence-electron chi connectivity index (χ4n) is 1.80. The Hall–Kier alpha value is -2.29. The van der Waals surface area contributed by atoms with Crippen LogP contribution in [0.4, 0.5) is 5.69 Å². The summed E-state index contributed by atoms with van der Waals surface area (Å²) in [6.45, 7) is 2.71. The lowest BCUT2D eigenvalue weighted by molar-refractivity contribution is 0.1000. The third-order valence-corrected chi connectivity index (χ3v) is 2.88. The van der Waals surface area contributed by atoms with Gasteiger partial charge < -0.3 is 11.1 Å². The minimum atomic E-state index is -0.388. The zero-order valence-corrected chi connectivity index (χ0v) is 10.3. The highest BCUT2D eigenvalue weighted by Crippen LogP contribution is 2.13. The summed E-state index contributed by atoms with van der Waals surface area (Å²) in [5.41, 5.74) is 9.10. The van der Waals surface area contributed by atoms with Crippen molar-refractivity contribution in [1.82, 2.24) is 0 Å². The third-order valence-electron chi connectivity index (χ3n) is 2.88. The number of hydrogen-bond acceptors (Lipinski definition) is 2. The molecule has 0 aliphatic heterocycles. The highest BCUT2D eigenvalue weighted by atomic mass is 16.1. The number of primary amides is 1. The summed E-state index contributed by atoms with van der Waals surface area (Å²) in [6.07, 6.45) is 0. The maximum Gasteiger partial charge on any atom is 0.248 e. The molecule has 0 aromatic heterocycles. The topological polar surface area (TPSA) is 55.1 Å². The van der Waals surface area contributed by atoms with E-state index in [-0.39, 0.29) is 5.91 Å². The molecule has 0 aliphatic carbocycles. The normalized spacial score (nSPS) is 10.1. The van der Waals surface area contributed by atoms with Crippen molar-refractivity contribution in [3.05, 3.63) is 65.2 Å². The van der Waals surface area contributed by atoms with Crippen LogP contribution in [0.1, 0.15) is 21.5 Å². The summed E-state index contributed by atoms with van der Waals surface area (Å²) in [7, 11) is 0. The largest absolute Gasteiger partial charge is 0.381 e. The molecule has 0 spiro atoms. The van der Waals surface area contributed by atoms with Crippen molar-refractivity contribution in [3.63, 3.8) is 0 Å². The van der Waals surface area contributed by atoms with Crippen LogP contribution in [0, 0.1) is 6.92 Å². The highest BCUT2D eigenvalue weighted by molar-refractivity contribution is 5.93. The van der Waals surface area contributed by atoms with Gasteiger partial charge in [-0.05, 0) is 42.3 Å². The molecule has 92 valence electrons. The quantitative estimate of drug-likeness (QED) is 0.863. The number of nitrogens with two attached hydrogens (primary N) is 1. The molecule has 0 bridgehead atoms. The van der Waals surface area contributed by atoms with Gasteiger partial charge in [0.2, 0.25) is 5.91 Å². The lowest BCUT2D eigenvalue weighted by Crippen LogP contribution is -2.11. The average Bonchev–Trinajstić information content (AvgIpc) is 2.38. The molecule has 3 nitrogen and oxygen atoms in total. The Labute approximate surface area is 107 Å². The van der Waals surface area contributed by atoms with Crippen molar-refractivity contribution in [2.75, 3.05) is 5.32 Å². The first-order valence-electron chi connectivity index (χ1n) is 5.85. The Kier molecular flexibility index (Phi) is 3.63. The molecule has 0 saturated carbocycles. The third kappa shape index (κ3) is 2.88. The van der Waals surface area contributed by atoms with E-state index in [1.165, 1.54) is 0 Å². The predicted octanol–water partition coefficient (Wildman–Crippen LogP) is 2.71. The van der Waals surface area contributed by atoms with Crippen molar-refractivity contribution >= 4 is 11.6 Å². The average molecular weight is 240 g/mol. The van der Waals surface area contributed by atoms with Crippen LogP contribution in [0.3, 0.4) is 0 Å². The van der Waals surface area contributed by atoms with E-state index in [4.69, 9.17) is 5.73 Å². The number of benzene rings is 2. The first-order valence-corrected chi connectivity index (χ1v) is 5.85. The summed E-state index contributed by atoms with van der Waals surface area (Å²) < 4.78 is 0. The Morgan fingerprint density at radius 1 is 1.17 bits per heavy atom. The Morgan fingerprint density at radius 2 is 1.89 bits per heavy atom. The minimum Gasteiger partial charge on any atom is -0.381 e. The smallest absolute Gasteiger partial charge is 0.248 e. The number of amides is 1. The van der Waals surface area contributed by atoms with Crippen molar-refractivity contribution in [2.24, 2.45) is 5.73 Å². The van der Waals surface area contributed by atoms with Gasteiger partial charge in [0.15, 0.2) is 0 Å². The number of carbonyl (C=O) groups is 1. The number of anilines is 1. The van der Waals surface area contributed by atoms with Crippen LogP contribution < -0.4 is 11.1 Å². The van der Waals surface area contributed by atoms with Gasteiger partial charge in [0.25, 0.3) is 0 Å². The van der Waals surface area contributed by atoms with Crippen molar-refractivity contribution in [3.8, 4) is 0 Å². The van der Waals surface area contributed by atoms with Gasteiger partial charge in [-0.3, -0.25) is 4.79 Å². The van der Waals surface area contributed by atoms with Crippen LogP contribution in [-0.2, 0) is 6.54 Å². The van der Waals surface area contributed by atoms with Crippen molar-refractivity contribution < 1.29 is 4.79 Å². The molecule has 2 aromatic rings. The zero-order valence-electron chi connectivity index (χ0n) is 10.3. The number of carbonyl (C=O) groups excluding carboxylic acids is 1. The van der Waals surface area contributed by atoms with E-state index in [0.29, 0.717) is 5.56 Å². The molecule has 0 aliphatic rings. The molecule has 0 saturated heterocycles. The monoisotopic (exact) mass is 240 g/mol. The minimum absolute atomic E-state index is 0.388. The molecular formula is C15H16N2O. The van der Waals surface area contributed by atoms with E-state index in [1.807, 2.05) is 49.4 Å². The fourth-order valence-corrected chi connectivity index (χ4v) is 1.80. The first-order chi connectivity index (χ1) is 8.66. The molecule has 1 amide bonds. The summed E-state index contributed by atoms with van der Waals surface area (Å²) in [4.78, 5) is 11.1. The molecule has 2 rings (SSSR count). The summed E-state index contributed by atoms with van der Waals surface area (Å²) in [5, 5.41) is 3.33. The summed E-state index contributed by atoms with van der Waals surface area (Å²) >= 11 is 0. The van der Waals surface area contributed by atoms with Gasteiger partial charge in [0.05, 0.1) is 0 Å². The molecule has 0 radical (unpaired) electrons. The zero-order chi connectivity index (χ0) is 13.0. The Bertz CT molecular complexity index is 550. The molecule has 0 heterocycles. The molecular weight excluding hydrogens is 224 g/mol. The molecule has 0 fully saturated rings. The molecule has 2 aromatic carbocycles. The van der Waals surface area contributed by atoms with E-state index in [0.717, 1.165) is 23.4 Å². The summed E-state index contributed by atoms with van der Waals surface area (Å²) in [5.74, 6) is -0.388. The molecule has 0 atom stereocenters. The van der Waals surface area contributed by atoms with Gasteiger partial charge in [0.1, 0.15) is 0 Å². The van der Waals surface area contributed by atoms with Crippen LogP contribution >= 0.6 is 0 Å². The van der Waals surface area contributed by atoms with Crippen molar-refractivity contribution in [2.45, 2.75) is 13.5 Å². The first kappa shape index (κ1) is 12.2. The number of aryl methyl sites for hydroxylation is 1. The number of hydrogen-bond donors (Lipinski definition) is 2. The molecule has 3 N–H and O–H groups in total. The molecule has 18 heavy (non-hydrogen) atoms. The predicted molar refractivity (Wildman–Crippen MR) is 73.5 cm³/mol. The molecule has 0 unspecified atom stereocenters. The Balaban J connectivity index is 2.08. The van der Waals surface area contributed by atoms with Gasteiger partial charge in [-0.1, -0.05) is 24.3 Å². The fraction of sp³-hybridized carbons (Fsp3) is 0.133. The maximum atomic E-state index is 11.1. The van der Waals surface area contributed by atoms with E-state index >= 15 is 0 Å². The second-order valence-electron chi connectivity index (χ2n) is 4.23. The maximum absolute atomic E-state index is 11.1. The van der Waals surface area contributed by atoms with Crippen LogP contribution in [0.2, 0.25) is 0 Å². The van der Waals surface area contributed by atoms with Gasteiger partial charge in [-0.2, -0.15) is 0 Å². The van der Waals surface area contributed by atoms with Gasteiger partial charge in [0, 0.05) is 17.8 Å². The van der Waals surface area contributed by atoms with E-state index in [9.17, 15) is 4.79 Å². The van der Waals surface area contributed by atoms with Gasteiger partial charge in [-0.15, -0.1) is 0 Å². The molecule has 3 heteroatoms. The Morgan fingerprint density at radius 3 is 2.50 bits per heavy atom. The van der Waals surface area contributed by atoms with Crippen molar-refractivity contribution in [1.29, 1.82) is 0 Å². The van der Waals surface area contributed by atoms with Crippen LogP contribution in [0.5, 0.6) is 0 Å². The number of para-hydroxylation sites is 1. The second-order valence-corrected chi connectivity index (χ2v) is 4.23. The number of rotatable bonds is 4. The van der Waals surface area contributed by atoms with E-state index < -0.39 is 0 Å². The van der Waals surface area contributed by atoms with Crippen LogP contribution in [0.15, 0.2) is 48.5 Å². The van der Waals surface area contributed by atoms with Crippen LogP contribution in [-0.4, -0.2) is 5.91 Å². The van der Waals surface area contributed by atoms with Gasteiger partial charge in [-0.25, -0.2) is 0 Å². The van der Waals surface area contributed by atoms with E-state index in [1.54, 1.807) is 6.07 Å². The lowest BCUT2D eigenvalue weighted by Gasteiger charge is -2.09. The highest BCUT2D eigenvalue weighted by Gasteiger charge is 2.03.